The zero-order valence-electron chi connectivity index (χ0n) is 7.74. The highest BCUT2D eigenvalue weighted by Crippen LogP contribution is 2.33. The van der Waals surface area contributed by atoms with Crippen LogP contribution in [0.2, 0.25) is 0 Å². The van der Waals surface area contributed by atoms with Crippen LogP contribution in [-0.2, 0) is 6.18 Å². The van der Waals surface area contributed by atoms with Crippen LogP contribution in [0.1, 0.15) is 5.56 Å². The van der Waals surface area contributed by atoms with Gasteiger partial charge in [0.2, 0.25) is 0 Å². The van der Waals surface area contributed by atoms with E-state index in [2.05, 4.69) is 27.8 Å². The van der Waals surface area contributed by atoms with E-state index in [4.69, 9.17) is 0 Å². The molecule has 0 amide bonds. The molecule has 82 valence electrons. The van der Waals surface area contributed by atoms with Crippen LogP contribution < -0.4 is 5.32 Å². The van der Waals surface area contributed by atoms with E-state index >= 15 is 0 Å². The van der Waals surface area contributed by atoms with Crippen LogP contribution in [0.5, 0.6) is 0 Å². The highest BCUT2D eigenvalue weighted by atomic mass is 79.9. The molecule has 0 aromatic heterocycles. The van der Waals surface area contributed by atoms with Crippen molar-refractivity contribution in [1.82, 2.24) is 0 Å². The quantitative estimate of drug-likeness (QED) is 0.823. The first-order valence-corrected chi connectivity index (χ1v) is 4.95. The molecule has 0 aliphatic carbocycles. The molecule has 1 aromatic carbocycles. The van der Waals surface area contributed by atoms with Gasteiger partial charge in [0.15, 0.2) is 0 Å². The molecule has 0 radical (unpaired) electrons. The summed E-state index contributed by atoms with van der Waals surface area (Å²) in [5.41, 5.74) is -0.264. The molecule has 0 heterocycles. The molecule has 0 atom stereocenters. The van der Waals surface area contributed by atoms with Gasteiger partial charge in [0.25, 0.3) is 0 Å². The van der Waals surface area contributed by atoms with Crippen molar-refractivity contribution < 1.29 is 13.2 Å². The zero-order valence-corrected chi connectivity index (χ0v) is 9.32. The van der Waals surface area contributed by atoms with E-state index in [0.717, 1.165) is 12.1 Å². The van der Waals surface area contributed by atoms with Crippen molar-refractivity contribution in [3.63, 3.8) is 0 Å². The summed E-state index contributed by atoms with van der Waals surface area (Å²) in [6.07, 6.45) is -2.75. The summed E-state index contributed by atoms with van der Waals surface area (Å²) in [5.74, 6) is 0. The normalized spacial score (nSPS) is 11.2. The Morgan fingerprint density at radius 1 is 1.33 bits per heavy atom. The Morgan fingerprint density at radius 2 is 2.00 bits per heavy atom. The second-order valence-corrected chi connectivity index (χ2v) is 3.81. The first-order chi connectivity index (χ1) is 6.93. The van der Waals surface area contributed by atoms with E-state index in [9.17, 15) is 13.2 Å². The Kier molecular flexibility index (Phi) is 3.79. The average molecular weight is 280 g/mol. The predicted octanol–water partition coefficient (Wildman–Crippen LogP) is 4.07. The van der Waals surface area contributed by atoms with Gasteiger partial charge in [-0.25, -0.2) is 0 Å². The SMILES string of the molecule is C=CCNc1cc(Br)cc(C(F)(F)F)c1. The third-order valence-corrected chi connectivity index (χ3v) is 2.13. The maximum absolute atomic E-state index is 12.4. The lowest BCUT2D eigenvalue weighted by molar-refractivity contribution is -0.137. The molecule has 0 saturated carbocycles. The second-order valence-electron chi connectivity index (χ2n) is 2.90. The lowest BCUT2D eigenvalue weighted by atomic mass is 10.2. The van der Waals surface area contributed by atoms with Crippen molar-refractivity contribution in [1.29, 1.82) is 0 Å². The summed E-state index contributed by atoms with van der Waals surface area (Å²) in [6, 6.07) is 3.69. The van der Waals surface area contributed by atoms with Gasteiger partial charge in [0.1, 0.15) is 0 Å². The maximum atomic E-state index is 12.4. The molecule has 1 rings (SSSR count). The summed E-state index contributed by atoms with van der Waals surface area (Å²) in [5, 5.41) is 2.80. The van der Waals surface area contributed by atoms with Gasteiger partial charge >= 0.3 is 6.18 Å². The number of benzene rings is 1. The molecule has 0 aliphatic heterocycles. The molecular weight excluding hydrogens is 271 g/mol. The van der Waals surface area contributed by atoms with Crippen molar-refractivity contribution in [3.8, 4) is 0 Å². The largest absolute Gasteiger partial charge is 0.416 e. The third-order valence-electron chi connectivity index (χ3n) is 1.68. The van der Waals surface area contributed by atoms with E-state index in [1.54, 1.807) is 12.1 Å². The first-order valence-electron chi connectivity index (χ1n) is 4.16. The summed E-state index contributed by atoms with van der Waals surface area (Å²) in [7, 11) is 0. The molecule has 1 aromatic rings. The van der Waals surface area contributed by atoms with Crippen molar-refractivity contribution in [2.24, 2.45) is 0 Å². The van der Waals surface area contributed by atoms with Gasteiger partial charge in [-0.1, -0.05) is 22.0 Å². The molecule has 0 unspecified atom stereocenters. The Hall–Kier alpha value is -0.970. The molecule has 0 aliphatic rings. The molecule has 5 heteroatoms. The van der Waals surface area contributed by atoms with E-state index < -0.39 is 11.7 Å². The van der Waals surface area contributed by atoms with Crippen LogP contribution in [0.25, 0.3) is 0 Å². The number of hydrogen-bond acceptors (Lipinski definition) is 1. The van der Waals surface area contributed by atoms with Gasteiger partial charge < -0.3 is 5.32 Å². The molecule has 1 N–H and O–H groups in total. The van der Waals surface area contributed by atoms with Gasteiger partial charge in [-0.15, -0.1) is 6.58 Å². The van der Waals surface area contributed by atoms with E-state index in [1.165, 1.54) is 0 Å². The van der Waals surface area contributed by atoms with Crippen molar-refractivity contribution in [3.05, 3.63) is 40.9 Å². The standard InChI is InChI=1S/C10H9BrF3N/c1-2-3-15-9-5-7(10(12,13)14)4-8(11)6-9/h2,4-6,15H,1,3H2. The lowest BCUT2D eigenvalue weighted by Crippen LogP contribution is -2.06. The number of halogens is 4. The van der Waals surface area contributed by atoms with Crippen LogP contribution >= 0.6 is 15.9 Å². The molecule has 1 nitrogen and oxygen atoms in total. The Bertz CT molecular complexity index is 360. The maximum Gasteiger partial charge on any atom is 0.416 e. The minimum atomic E-state index is -4.33. The number of alkyl halides is 3. The van der Waals surface area contributed by atoms with Gasteiger partial charge in [-0.3, -0.25) is 0 Å². The van der Waals surface area contributed by atoms with Crippen LogP contribution in [-0.4, -0.2) is 6.54 Å². The van der Waals surface area contributed by atoms with Crippen molar-refractivity contribution in [2.45, 2.75) is 6.18 Å². The summed E-state index contributed by atoms with van der Waals surface area (Å²) < 4.78 is 37.6. The van der Waals surface area contributed by atoms with Crippen LogP contribution in [0.4, 0.5) is 18.9 Å². The Morgan fingerprint density at radius 3 is 2.53 bits per heavy atom. The molecular formula is C10H9BrF3N. The summed E-state index contributed by atoms with van der Waals surface area (Å²) in [4.78, 5) is 0. The topological polar surface area (TPSA) is 12.0 Å². The van der Waals surface area contributed by atoms with Gasteiger partial charge in [0, 0.05) is 16.7 Å². The second kappa shape index (κ2) is 4.70. The van der Waals surface area contributed by atoms with Crippen molar-refractivity contribution in [2.75, 3.05) is 11.9 Å². The number of nitrogens with one attached hydrogen (secondary N) is 1. The lowest BCUT2D eigenvalue weighted by Gasteiger charge is -2.10. The molecule has 15 heavy (non-hydrogen) atoms. The van der Waals surface area contributed by atoms with Gasteiger partial charge in [0.05, 0.1) is 5.56 Å². The summed E-state index contributed by atoms with van der Waals surface area (Å²) >= 11 is 3.03. The predicted molar refractivity (Wildman–Crippen MR) is 57.8 cm³/mol. The average Bonchev–Trinajstić information content (AvgIpc) is 2.12. The highest BCUT2D eigenvalue weighted by molar-refractivity contribution is 9.10. The minimum absolute atomic E-state index is 0.392. The Labute approximate surface area is 94.1 Å². The number of anilines is 1. The van der Waals surface area contributed by atoms with Crippen molar-refractivity contribution >= 4 is 21.6 Å². The van der Waals surface area contributed by atoms with E-state index in [1.807, 2.05) is 0 Å². The number of hydrogen-bond donors (Lipinski definition) is 1. The van der Waals surface area contributed by atoms with Crippen LogP contribution in [0.15, 0.2) is 35.3 Å². The Balaban J connectivity index is 3.00. The fraction of sp³-hybridized carbons (Fsp3) is 0.200. The van der Waals surface area contributed by atoms with Gasteiger partial charge in [-0.05, 0) is 18.2 Å². The molecule has 0 spiro atoms. The fourth-order valence-electron chi connectivity index (χ4n) is 1.05. The van der Waals surface area contributed by atoms with E-state index in [-0.39, 0.29) is 0 Å². The fourth-order valence-corrected chi connectivity index (χ4v) is 1.54. The molecule has 0 bridgehead atoms. The smallest absolute Gasteiger partial charge is 0.382 e. The van der Waals surface area contributed by atoms with Gasteiger partial charge in [-0.2, -0.15) is 13.2 Å². The first kappa shape index (κ1) is 12.1. The van der Waals surface area contributed by atoms with Crippen LogP contribution in [0.3, 0.4) is 0 Å². The van der Waals surface area contributed by atoms with Crippen LogP contribution in [0, 0.1) is 0 Å². The molecule has 0 fully saturated rings. The third kappa shape index (κ3) is 3.58. The monoisotopic (exact) mass is 279 g/mol. The summed E-state index contributed by atoms with van der Waals surface area (Å²) in [6.45, 7) is 3.90. The number of rotatable bonds is 3. The zero-order chi connectivity index (χ0) is 11.5. The minimum Gasteiger partial charge on any atom is -0.382 e. The van der Waals surface area contributed by atoms with E-state index in [0.29, 0.717) is 16.7 Å². The highest BCUT2D eigenvalue weighted by Gasteiger charge is 2.30. The molecule has 0 saturated heterocycles.